The molecule has 29 heavy (non-hydrogen) atoms. The summed E-state index contributed by atoms with van der Waals surface area (Å²) in [5.41, 5.74) is 2.74. The number of benzene rings is 2. The molecule has 0 radical (unpaired) electrons. The van der Waals surface area contributed by atoms with Gasteiger partial charge in [0.25, 0.3) is 0 Å². The zero-order chi connectivity index (χ0) is 20.8. The average molecular weight is 430 g/mol. The monoisotopic (exact) mass is 429 g/mol. The second-order valence-electron chi connectivity index (χ2n) is 6.42. The van der Waals surface area contributed by atoms with Crippen LogP contribution in [-0.2, 0) is 4.79 Å². The highest BCUT2D eigenvalue weighted by atomic mass is 32.2. The highest BCUT2D eigenvalue weighted by molar-refractivity contribution is 8.02. The van der Waals surface area contributed by atoms with Gasteiger partial charge in [-0.2, -0.15) is 0 Å². The van der Waals surface area contributed by atoms with Gasteiger partial charge in [0.15, 0.2) is 4.34 Å². The number of anilines is 4. The van der Waals surface area contributed by atoms with Gasteiger partial charge in [-0.15, -0.1) is 10.2 Å². The van der Waals surface area contributed by atoms with Crippen molar-refractivity contribution in [1.29, 1.82) is 0 Å². The molecule has 0 aliphatic heterocycles. The lowest BCUT2D eigenvalue weighted by Crippen LogP contribution is -2.22. The summed E-state index contributed by atoms with van der Waals surface area (Å²) >= 11 is 2.79. The Morgan fingerprint density at radius 3 is 2.34 bits per heavy atom. The smallest absolute Gasteiger partial charge is 0.237 e. The molecule has 0 fully saturated rings. The van der Waals surface area contributed by atoms with Crippen molar-refractivity contribution in [3.63, 3.8) is 0 Å². The van der Waals surface area contributed by atoms with Crippen LogP contribution in [0, 0.1) is 0 Å². The SMILES string of the molecule is COc1ccc(Nc2nnc(S[C@H](C)C(=O)Nc3ccc(N(C)C)cc3)s2)cc1. The average Bonchev–Trinajstić information content (AvgIpc) is 3.15. The van der Waals surface area contributed by atoms with E-state index in [0.29, 0.717) is 5.13 Å². The van der Waals surface area contributed by atoms with E-state index in [-0.39, 0.29) is 11.2 Å². The molecule has 3 rings (SSSR count). The maximum absolute atomic E-state index is 12.5. The molecule has 0 unspecified atom stereocenters. The summed E-state index contributed by atoms with van der Waals surface area (Å²) < 4.78 is 5.88. The van der Waals surface area contributed by atoms with E-state index in [1.165, 1.54) is 23.1 Å². The third-order valence-corrected chi connectivity index (χ3v) is 6.07. The Morgan fingerprint density at radius 1 is 1.07 bits per heavy atom. The molecule has 0 aliphatic rings. The fourth-order valence-corrected chi connectivity index (χ4v) is 4.31. The van der Waals surface area contributed by atoms with Gasteiger partial charge in [-0.05, 0) is 55.5 Å². The van der Waals surface area contributed by atoms with Crippen LogP contribution in [0.1, 0.15) is 6.92 Å². The summed E-state index contributed by atoms with van der Waals surface area (Å²) in [6, 6.07) is 15.3. The summed E-state index contributed by atoms with van der Waals surface area (Å²) in [5, 5.41) is 14.8. The minimum Gasteiger partial charge on any atom is -0.497 e. The number of carbonyl (C=O) groups is 1. The van der Waals surface area contributed by atoms with Crippen molar-refractivity contribution < 1.29 is 9.53 Å². The molecule has 0 spiro atoms. The van der Waals surface area contributed by atoms with Crippen LogP contribution in [0.15, 0.2) is 52.9 Å². The molecular weight excluding hydrogens is 406 g/mol. The molecule has 2 aromatic carbocycles. The number of amides is 1. The molecule has 9 heteroatoms. The lowest BCUT2D eigenvalue weighted by atomic mass is 10.2. The van der Waals surface area contributed by atoms with E-state index in [0.717, 1.165) is 27.2 Å². The summed E-state index contributed by atoms with van der Waals surface area (Å²) in [4.78, 5) is 14.5. The van der Waals surface area contributed by atoms with Crippen molar-refractivity contribution in [1.82, 2.24) is 10.2 Å². The maximum atomic E-state index is 12.5. The van der Waals surface area contributed by atoms with Crippen molar-refractivity contribution >= 4 is 51.2 Å². The fourth-order valence-electron chi connectivity index (χ4n) is 2.40. The molecule has 7 nitrogen and oxygen atoms in total. The standard InChI is InChI=1S/C20H23N5O2S2/c1-13(18(26)21-14-5-9-16(10-6-14)25(2)3)28-20-24-23-19(29-20)22-15-7-11-17(27-4)12-8-15/h5-13H,1-4H3,(H,21,26)(H,22,23)/t13-/m1/s1. The molecule has 0 aliphatic carbocycles. The van der Waals surface area contributed by atoms with Gasteiger partial charge in [0.2, 0.25) is 11.0 Å². The molecule has 2 N–H and O–H groups in total. The fraction of sp³-hybridized carbons (Fsp3) is 0.250. The van der Waals surface area contributed by atoms with Crippen LogP contribution >= 0.6 is 23.1 Å². The Bertz CT molecular complexity index is 942. The Kier molecular flexibility index (Phi) is 6.95. The van der Waals surface area contributed by atoms with Crippen LogP contribution in [0.2, 0.25) is 0 Å². The van der Waals surface area contributed by atoms with Crippen LogP contribution in [0.4, 0.5) is 22.2 Å². The van der Waals surface area contributed by atoms with E-state index < -0.39 is 0 Å². The van der Waals surface area contributed by atoms with Crippen LogP contribution in [0.3, 0.4) is 0 Å². The molecule has 0 saturated carbocycles. The van der Waals surface area contributed by atoms with Gasteiger partial charge in [0.05, 0.1) is 12.4 Å². The van der Waals surface area contributed by atoms with Crippen molar-refractivity contribution in [2.45, 2.75) is 16.5 Å². The van der Waals surface area contributed by atoms with Gasteiger partial charge in [0, 0.05) is 31.2 Å². The van der Waals surface area contributed by atoms with E-state index in [1.54, 1.807) is 7.11 Å². The molecular formula is C20H23N5O2S2. The molecule has 0 bridgehead atoms. The second-order valence-corrected chi connectivity index (χ2v) is 8.98. The first-order chi connectivity index (χ1) is 13.9. The summed E-state index contributed by atoms with van der Waals surface area (Å²) in [5.74, 6) is 0.715. The zero-order valence-electron chi connectivity index (χ0n) is 16.7. The molecule has 1 atom stereocenters. The highest BCUT2D eigenvalue weighted by Crippen LogP contribution is 2.31. The maximum Gasteiger partial charge on any atom is 0.237 e. The molecule has 152 valence electrons. The van der Waals surface area contributed by atoms with Crippen molar-refractivity contribution in [2.24, 2.45) is 0 Å². The van der Waals surface area contributed by atoms with E-state index in [4.69, 9.17) is 4.74 Å². The van der Waals surface area contributed by atoms with E-state index in [9.17, 15) is 4.79 Å². The Labute approximate surface area is 178 Å². The van der Waals surface area contributed by atoms with E-state index >= 15 is 0 Å². The predicted octanol–water partition coefficient (Wildman–Crippen LogP) is 4.48. The van der Waals surface area contributed by atoms with Crippen molar-refractivity contribution in [3.8, 4) is 5.75 Å². The third kappa shape index (κ3) is 5.85. The van der Waals surface area contributed by atoms with Crippen molar-refractivity contribution in [2.75, 3.05) is 36.7 Å². The molecule has 1 heterocycles. The zero-order valence-corrected chi connectivity index (χ0v) is 18.3. The first kappa shape index (κ1) is 20.9. The predicted molar refractivity (Wildman–Crippen MR) is 121 cm³/mol. The minimum absolute atomic E-state index is 0.0764. The van der Waals surface area contributed by atoms with Crippen LogP contribution in [0.25, 0.3) is 0 Å². The van der Waals surface area contributed by atoms with Gasteiger partial charge in [-0.1, -0.05) is 23.1 Å². The number of carbonyl (C=O) groups excluding carboxylic acids is 1. The molecule has 3 aromatic rings. The number of methoxy groups -OCH3 is 1. The molecule has 1 amide bonds. The minimum atomic E-state index is -0.301. The second kappa shape index (κ2) is 9.62. The van der Waals surface area contributed by atoms with Gasteiger partial charge in [0.1, 0.15) is 5.75 Å². The number of nitrogens with zero attached hydrogens (tertiary/aromatic N) is 3. The van der Waals surface area contributed by atoms with Crippen LogP contribution in [-0.4, -0.2) is 42.6 Å². The largest absolute Gasteiger partial charge is 0.497 e. The van der Waals surface area contributed by atoms with E-state index in [1.807, 2.05) is 74.4 Å². The van der Waals surface area contributed by atoms with Crippen LogP contribution in [0.5, 0.6) is 5.75 Å². The first-order valence-corrected chi connectivity index (χ1v) is 10.6. The number of aromatic nitrogens is 2. The third-order valence-electron chi connectivity index (χ3n) is 4.05. The molecule has 1 aromatic heterocycles. The van der Waals surface area contributed by atoms with Gasteiger partial charge in [-0.3, -0.25) is 4.79 Å². The number of hydrogen-bond acceptors (Lipinski definition) is 8. The van der Waals surface area contributed by atoms with Crippen LogP contribution < -0.4 is 20.3 Å². The normalized spacial score (nSPS) is 11.6. The lowest BCUT2D eigenvalue weighted by molar-refractivity contribution is -0.115. The van der Waals surface area contributed by atoms with E-state index in [2.05, 4.69) is 20.8 Å². The summed E-state index contributed by atoms with van der Waals surface area (Å²) in [6.07, 6.45) is 0. The number of ether oxygens (including phenoxy) is 1. The number of hydrogen-bond donors (Lipinski definition) is 2. The van der Waals surface area contributed by atoms with Crippen molar-refractivity contribution in [3.05, 3.63) is 48.5 Å². The molecule has 0 saturated heterocycles. The van der Waals surface area contributed by atoms with Gasteiger partial charge in [-0.25, -0.2) is 0 Å². The summed E-state index contributed by atoms with van der Waals surface area (Å²) in [6.45, 7) is 1.85. The number of thioether (sulfide) groups is 1. The number of nitrogens with one attached hydrogen (secondary N) is 2. The topological polar surface area (TPSA) is 79.4 Å². The lowest BCUT2D eigenvalue weighted by Gasteiger charge is -2.14. The number of rotatable bonds is 8. The first-order valence-electron chi connectivity index (χ1n) is 8.94. The highest BCUT2D eigenvalue weighted by Gasteiger charge is 2.17. The quantitative estimate of drug-likeness (QED) is 0.511. The Hall–Kier alpha value is -2.78. The van der Waals surface area contributed by atoms with Gasteiger partial charge < -0.3 is 20.3 Å². The Balaban J connectivity index is 1.54. The van der Waals surface area contributed by atoms with Gasteiger partial charge >= 0.3 is 0 Å². The summed E-state index contributed by atoms with van der Waals surface area (Å²) in [7, 11) is 5.59. The Morgan fingerprint density at radius 2 is 1.72 bits per heavy atom.